The molecule has 0 radical (unpaired) electrons. The summed E-state index contributed by atoms with van der Waals surface area (Å²) in [6.07, 6.45) is 0. The van der Waals surface area contributed by atoms with Gasteiger partial charge in [0.15, 0.2) is 0 Å². The fraction of sp³-hybridized carbons (Fsp3) is 0.714. The Labute approximate surface area is 88.3 Å². The van der Waals surface area contributed by atoms with Gasteiger partial charge in [-0.3, -0.25) is 9.59 Å². The Hall–Kier alpha value is -0.00312. The lowest BCUT2D eigenvalue weighted by Crippen LogP contribution is -2.30. The molecule has 0 aliphatic rings. The van der Waals surface area contributed by atoms with Crippen LogP contribution in [0.1, 0.15) is 0 Å². The molecule has 0 saturated carbocycles. The van der Waals surface area contributed by atoms with Crippen LogP contribution in [0.4, 0.5) is 0 Å². The van der Waals surface area contributed by atoms with Crippen LogP contribution in [0.2, 0.25) is 19.6 Å². The highest BCUT2D eigenvalue weighted by Gasteiger charge is 2.19. The number of carbonyl (C=O) groups is 2. The summed E-state index contributed by atoms with van der Waals surface area (Å²) in [4.78, 5) is 21.4. The van der Waals surface area contributed by atoms with E-state index >= 15 is 0 Å². The average Bonchev–Trinajstić information content (AvgIpc) is 1.81. The second kappa shape index (κ2) is 5.67. The van der Waals surface area contributed by atoms with Gasteiger partial charge in [-0.25, -0.2) is 0 Å². The lowest BCUT2D eigenvalue weighted by molar-refractivity contribution is -0.132. The SMILES string of the molecule is C[Si](C)(C)OC(=O)CSCC(=O)Cl. The smallest absolute Gasteiger partial charge is 0.302 e. The lowest BCUT2D eigenvalue weighted by Gasteiger charge is -2.16. The third kappa shape index (κ3) is 9.91. The summed E-state index contributed by atoms with van der Waals surface area (Å²) in [5.41, 5.74) is 0. The quantitative estimate of drug-likeness (QED) is 0.544. The first kappa shape index (κ1) is 13.0. The van der Waals surface area contributed by atoms with Gasteiger partial charge in [0.1, 0.15) is 0 Å². The Balaban J connectivity index is 3.59. The molecule has 0 heterocycles. The summed E-state index contributed by atoms with van der Waals surface area (Å²) in [5, 5.41) is -0.439. The van der Waals surface area contributed by atoms with E-state index in [1.807, 2.05) is 19.6 Å². The number of hydrogen-bond donors (Lipinski definition) is 0. The topological polar surface area (TPSA) is 43.4 Å². The van der Waals surface area contributed by atoms with Gasteiger partial charge in [-0.05, 0) is 31.2 Å². The number of hydrogen-bond acceptors (Lipinski definition) is 4. The first-order valence-electron chi connectivity index (χ1n) is 3.79. The second-order valence-electron chi connectivity index (χ2n) is 3.43. The molecule has 6 heteroatoms. The molecule has 0 unspecified atom stereocenters. The molecule has 0 aliphatic carbocycles. The minimum absolute atomic E-state index is 0.155. The number of thioether (sulfide) groups is 1. The van der Waals surface area contributed by atoms with Gasteiger partial charge in [-0.1, -0.05) is 0 Å². The first-order chi connectivity index (χ1) is 5.81. The molecule has 0 amide bonds. The Bertz CT molecular complexity index is 202. The van der Waals surface area contributed by atoms with Gasteiger partial charge < -0.3 is 4.43 Å². The molecule has 0 bridgehead atoms. The van der Waals surface area contributed by atoms with Crippen LogP contribution < -0.4 is 0 Å². The molecule has 0 aromatic rings. The van der Waals surface area contributed by atoms with Crippen LogP contribution in [0, 0.1) is 0 Å². The highest BCUT2D eigenvalue weighted by atomic mass is 35.5. The van der Waals surface area contributed by atoms with Crippen LogP contribution in [0.3, 0.4) is 0 Å². The Morgan fingerprint density at radius 2 is 1.85 bits per heavy atom. The summed E-state index contributed by atoms with van der Waals surface area (Å²) in [5.74, 6) is 0.0903. The third-order valence-corrected chi connectivity index (χ3v) is 2.89. The van der Waals surface area contributed by atoms with E-state index < -0.39 is 13.6 Å². The molecule has 13 heavy (non-hydrogen) atoms. The molecule has 0 aromatic heterocycles. The molecule has 0 atom stereocenters. The summed E-state index contributed by atoms with van der Waals surface area (Å²) in [6.45, 7) is 5.80. The van der Waals surface area contributed by atoms with Gasteiger partial charge in [-0.15, -0.1) is 11.8 Å². The van der Waals surface area contributed by atoms with E-state index in [1.165, 1.54) is 11.8 Å². The Kier molecular flexibility index (Phi) is 5.67. The van der Waals surface area contributed by atoms with Crippen LogP contribution in [0.25, 0.3) is 0 Å². The maximum absolute atomic E-state index is 11.1. The van der Waals surface area contributed by atoms with Gasteiger partial charge in [0, 0.05) is 0 Å². The Morgan fingerprint density at radius 1 is 1.31 bits per heavy atom. The van der Waals surface area contributed by atoms with E-state index in [9.17, 15) is 9.59 Å². The molecule has 76 valence electrons. The van der Waals surface area contributed by atoms with E-state index in [1.54, 1.807) is 0 Å². The highest BCUT2D eigenvalue weighted by Crippen LogP contribution is 2.07. The van der Waals surface area contributed by atoms with Crippen molar-refractivity contribution in [2.75, 3.05) is 11.5 Å². The molecule has 3 nitrogen and oxygen atoms in total. The van der Waals surface area contributed by atoms with E-state index in [0.717, 1.165) is 0 Å². The van der Waals surface area contributed by atoms with E-state index in [0.29, 0.717) is 0 Å². The van der Waals surface area contributed by atoms with Crippen LogP contribution in [0.15, 0.2) is 0 Å². The predicted octanol–water partition coefficient (Wildman–Crippen LogP) is 1.86. The van der Waals surface area contributed by atoms with Gasteiger partial charge >= 0.3 is 5.97 Å². The summed E-state index contributed by atoms with van der Waals surface area (Å²) in [7, 11) is -1.78. The predicted molar refractivity (Wildman–Crippen MR) is 57.6 cm³/mol. The maximum atomic E-state index is 11.1. The van der Waals surface area contributed by atoms with Crippen LogP contribution in [-0.2, 0) is 14.0 Å². The van der Waals surface area contributed by atoms with Gasteiger partial charge in [-0.2, -0.15) is 0 Å². The van der Waals surface area contributed by atoms with Crippen molar-refractivity contribution in [3.63, 3.8) is 0 Å². The van der Waals surface area contributed by atoms with E-state index in [2.05, 4.69) is 0 Å². The van der Waals surface area contributed by atoms with Gasteiger partial charge in [0.05, 0.1) is 11.5 Å². The maximum Gasteiger partial charge on any atom is 0.302 e. The van der Waals surface area contributed by atoms with Crippen molar-refractivity contribution >= 4 is 42.9 Å². The van der Waals surface area contributed by atoms with Crippen molar-refractivity contribution < 1.29 is 14.0 Å². The molecule has 0 spiro atoms. The number of rotatable bonds is 5. The van der Waals surface area contributed by atoms with Crippen molar-refractivity contribution in [3.05, 3.63) is 0 Å². The van der Waals surface area contributed by atoms with Crippen LogP contribution >= 0.6 is 23.4 Å². The zero-order valence-corrected chi connectivity index (χ0v) is 10.5. The fourth-order valence-corrected chi connectivity index (χ4v) is 2.16. The van der Waals surface area contributed by atoms with Crippen molar-refractivity contribution in [3.8, 4) is 0 Å². The molecular weight excluding hydrogens is 228 g/mol. The largest absolute Gasteiger partial charge is 0.519 e. The number of carbonyl (C=O) groups excluding carboxylic acids is 2. The lowest BCUT2D eigenvalue weighted by atomic mass is 10.8. The zero-order valence-electron chi connectivity index (χ0n) is 7.93. The van der Waals surface area contributed by atoms with E-state index in [-0.39, 0.29) is 17.5 Å². The summed E-state index contributed by atoms with van der Waals surface area (Å²) >= 11 is 6.27. The molecular formula is C7H13ClO3SSi. The number of halogens is 1. The van der Waals surface area contributed by atoms with Crippen LogP contribution in [0.5, 0.6) is 0 Å². The Morgan fingerprint density at radius 3 is 2.23 bits per heavy atom. The van der Waals surface area contributed by atoms with Crippen molar-refractivity contribution in [1.29, 1.82) is 0 Å². The molecule has 0 fully saturated rings. The third-order valence-electron chi connectivity index (χ3n) is 0.855. The van der Waals surface area contributed by atoms with Crippen LogP contribution in [-0.4, -0.2) is 31.0 Å². The fourth-order valence-electron chi connectivity index (χ4n) is 0.586. The van der Waals surface area contributed by atoms with Crippen molar-refractivity contribution in [2.24, 2.45) is 0 Å². The molecule has 0 N–H and O–H groups in total. The first-order valence-corrected chi connectivity index (χ1v) is 8.73. The van der Waals surface area contributed by atoms with Gasteiger partial charge in [0.2, 0.25) is 13.6 Å². The van der Waals surface area contributed by atoms with Crippen molar-refractivity contribution in [1.82, 2.24) is 0 Å². The monoisotopic (exact) mass is 240 g/mol. The highest BCUT2D eigenvalue weighted by molar-refractivity contribution is 8.00. The van der Waals surface area contributed by atoms with Gasteiger partial charge in [0.25, 0.3) is 0 Å². The minimum atomic E-state index is -1.78. The zero-order chi connectivity index (χ0) is 10.5. The minimum Gasteiger partial charge on any atom is -0.519 e. The second-order valence-corrected chi connectivity index (χ2v) is 9.27. The standard InChI is InChI=1S/C7H13ClO3SSi/c1-13(2,3)11-7(10)5-12-4-6(8)9/h4-5H2,1-3H3. The molecule has 0 saturated heterocycles. The molecule has 0 aromatic carbocycles. The summed E-state index contributed by atoms with van der Waals surface area (Å²) in [6, 6.07) is 0. The summed E-state index contributed by atoms with van der Waals surface area (Å²) < 4.78 is 5.14. The normalized spacial score (nSPS) is 11.1. The average molecular weight is 241 g/mol. The van der Waals surface area contributed by atoms with E-state index in [4.69, 9.17) is 16.0 Å². The molecule has 0 rings (SSSR count). The molecule has 0 aliphatic heterocycles. The van der Waals surface area contributed by atoms with Crippen molar-refractivity contribution in [2.45, 2.75) is 19.6 Å².